The van der Waals surface area contributed by atoms with Crippen LogP contribution in [-0.2, 0) is 9.84 Å². The molecule has 8 nitrogen and oxygen atoms in total. The number of rotatable bonds is 7. The molecule has 0 bridgehead atoms. The summed E-state index contributed by atoms with van der Waals surface area (Å²) in [7, 11) is -1.09. The third-order valence-electron chi connectivity index (χ3n) is 6.35. The van der Waals surface area contributed by atoms with E-state index in [9.17, 15) is 8.42 Å². The standard InChI is InChI=1S/C26H30N6O2S/c1-3-19-35(33,34)23-12-6-20(7-13-23)24-5-4-14-32-25(24)28-26(29-32)27-21-8-10-22(11-9-21)31-17-15-30(2)16-18-31/h4-14H,3,15-19H2,1-2H3,(H,27,29). The van der Waals surface area contributed by atoms with E-state index >= 15 is 0 Å². The molecule has 35 heavy (non-hydrogen) atoms. The second kappa shape index (κ2) is 9.67. The number of fused-ring (bicyclic) bond motifs is 1. The van der Waals surface area contributed by atoms with Crippen molar-refractivity contribution in [1.82, 2.24) is 19.5 Å². The molecule has 0 radical (unpaired) electrons. The number of likely N-dealkylation sites (N-methyl/N-ethyl adjacent to an activating group) is 1. The molecular weight excluding hydrogens is 460 g/mol. The maximum Gasteiger partial charge on any atom is 0.247 e. The first-order chi connectivity index (χ1) is 16.9. The smallest absolute Gasteiger partial charge is 0.247 e. The van der Waals surface area contributed by atoms with E-state index in [0.717, 1.165) is 43.0 Å². The summed E-state index contributed by atoms with van der Waals surface area (Å²) in [4.78, 5) is 9.80. The summed E-state index contributed by atoms with van der Waals surface area (Å²) >= 11 is 0. The van der Waals surface area contributed by atoms with Crippen molar-refractivity contribution in [3.05, 3.63) is 66.9 Å². The number of benzene rings is 2. The van der Waals surface area contributed by atoms with Crippen molar-refractivity contribution in [1.29, 1.82) is 0 Å². The van der Waals surface area contributed by atoms with Crippen LogP contribution in [0.25, 0.3) is 16.8 Å². The van der Waals surface area contributed by atoms with Gasteiger partial charge in [0.15, 0.2) is 15.5 Å². The molecular formula is C26H30N6O2S. The maximum absolute atomic E-state index is 12.4. The first-order valence-electron chi connectivity index (χ1n) is 11.9. The molecule has 1 N–H and O–H groups in total. The SMILES string of the molecule is CCCS(=O)(=O)c1ccc(-c2cccn3nc(Nc4ccc(N5CCN(C)CC5)cc4)nc23)cc1. The summed E-state index contributed by atoms with van der Waals surface area (Å²) < 4.78 is 26.4. The van der Waals surface area contributed by atoms with Crippen LogP contribution in [0.4, 0.5) is 17.3 Å². The zero-order chi connectivity index (χ0) is 24.4. The van der Waals surface area contributed by atoms with Gasteiger partial charge in [-0.05, 0) is 67.6 Å². The number of hydrogen-bond acceptors (Lipinski definition) is 7. The van der Waals surface area contributed by atoms with Crippen LogP contribution in [-0.4, -0.2) is 66.9 Å². The molecule has 0 aliphatic carbocycles. The van der Waals surface area contributed by atoms with Crippen LogP contribution < -0.4 is 10.2 Å². The summed E-state index contributed by atoms with van der Waals surface area (Å²) in [5, 5.41) is 7.88. The lowest BCUT2D eigenvalue weighted by molar-refractivity contribution is 0.313. The van der Waals surface area contributed by atoms with Crippen LogP contribution in [0.5, 0.6) is 0 Å². The maximum atomic E-state index is 12.4. The topological polar surface area (TPSA) is 82.8 Å². The predicted molar refractivity (Wildman–Crippen MR) is 140 cm³/mol. The van der Waals surface area contributed by atoms with E-state index in [1.807, 2.05) is 37.4 Å². The minimum atomic E-state index is -3.24. The minimum Gasteiger partial charge on any atom is -0.369 e. The third kappa shape index (κ3) is 5.01. The van der Waals surface area contributed by atoms with Gasteiger partial charge in [0, 0.05) is 49.3 Å². The summed E-state index contributed by atoms with van der Waals surface area (Å²) in [6, 6.07) is 19.2. The number of sulfone groups is 1. The van der Waals surface area contributed by atoms with Gasteiger partial charge in [0.1, 0.15) is 0 Å². The number of nitrogens with one attached hydrogen (secondary N) is 1. The normalized spacial score (nSPS) is 15.0. The Morgan fingerprint density at radius 2 is 1.66 bits per heavy atom. The fourth-order valence-corrected chi connectivity index (χ4v) is 5.69. The molecule has 0 spiro atoms. The van der Waals surface area contributed by atoms with Gasteiger partial charge in [0.25, 0.3) is 0 Å². The van der Waals surface area contributed by atoms with Crippen LogP contribution in [0.1, 0.15) is 13.3 Å². The number of anilines is 3. The Balaban J connectivity index is 1.35. The second-order valence-corrected chi connectivity index (χ2v) is 11.0. The van der Waals surface area contributed by atoms with E-state index in [2.05, 4.69) is 51.5 Å². The molecule has 2 aromatic carbocycles. The van der Waals surface area contributed by atoms with Gasteiger partial charge in [-0.3, -0.25) is 0 Å². The molecule has 1 fully saturated rings. The third-order valence-corrected chi connectivity index (χ3v) is 8.29. The molecule has 5 rings (SSSR count). The van der Waals surface area contributed by atoms with E-state index in [-0.39, 0.29) is 5.75 Å². The van der Waals surface area contributed by atoms with Crippen molar-refractivity contribution in [3.8, 4) is 11.1 Å². The van der Waals surface area contributed by atoms with Gasteiger partial charge < -0.3 is 15.1 Å². The van der Waals surface area contributed by atoms with Gasteiger partial charge in [-0.1, -0.05) is 19.1 Å². The van der Waals surface area contributed by atoms with Crippen molar-refractivity contribution in [2.75, 3.05) is 49.2 Å². The molecule has 0 atom stereocenters. The number of piperazine rings is 1. The fourth-order valence-electron chi connectivity index (χ4n) is 4.36. The highest BCUT2D eigenvalue weighted by Crippen LogP contribution is 2.27. The van der Waals surface area contributed by atoms with E-state index in [4.69, 9.17) is 4.98 Å². The Hall–Kier alpha value is -3.43. The zero-order valence-corrected chi connectivity index (χ0v) is 20.9. The number of hydrogen-bond donors (Lipinski definition) is 1. The van der Waals surface area contributed by atoms with Gasteiger partial charge in [-0.15, -0.1) is 5.10 Å². The van der Waals surface area contributed by atoms with Crippen molar-refractivity contribution < 1.29 is 8.42 Å². The van der Waals surface area contributed by atoms with Crippen molar-refractivity contribution in [2.45, 2.75) is 18.2 Å². The Morgan fingerprint density at radius 3 is 2.34 bits per heavy atom. The second-order valence-electron chi connectivity index (χ2n) is 8.93. The molecule has 4 aromatic rings. The van der Waals surface area contributed by atoms with Gasteiger partial charge >= 0.3 is 0 Å². The van der Waals surface area contributed by atoms with Gasteiger partial charge in [-0.2, -0.15) is 4.98 Å². The number of aromatic nitrogens is 3. The molecule has 2 aromatic heterocycles. The Labute approximate surface area is 206 Å². The monoisotopic (exact) mass is 490 g/mol. The number of pyridine rings is 1. The highest BCUT2D eigenvalue weighted by Gasteiger charge is 2.16. The lowest BCUT2D eigenvalue weighted by atomic mass is 10.1. The van der Waals surface area contributed by atoms with Crippen LogP contribution >= 0.6 is 0 Å². The zero-order valence-electron chi connectivity index (χ0n) is 20.1. The van der Waals surface area contributed by atoms with Crippen molar-refractivity contribution in [3.63, 3.8) is 0 Å². The summed E-state index contributed by atoms with van der Waals surface area (Å²) in [6.45, 7) is 6.08. The van der Waals surface area contributed by atoms with Crippen LogP contribution in [0, 0.1) is 0 Å². The molecule has 182 valence electrons. The predicted octanol–water partition coefficient (Wildman–Crippen LogP) is 4.08. The molecule has 1 aliphatic heterocycles. The van der Waals surface area contributed by atoms with Crippen LogP contribution in [0.2, 0.25) is 0 Å². The first-order valence-corrected chi connectivity index (χ1v) is 13.6. The summed E-state index contributed by atoms with van der Waals surface area (Å²) in [5.41, 5.74) is 4.62. The van der Waals surface area contributed by atoms with E-state index in [0.29, 0.717) is 22.9 Å². The molecule has 3 heterocycles. The highest BCUT2D eigenvalue weighted by molar-refractivity contribution is 7.91. The molecule has 0 saturated carbocycles. The van der Waals surface area contributed by atoms with E-state index in [1.165, 1.54) is 5.69 Å². The Morgan fingerprint density at radius 1 is 0.943 bits per heavy atom. The largest absolute Gasteiger partial charge is 0.369 e. The molecule has 0 amide bonds. The van der Waals surface area contributed by atoms with Crippen LogP contribution in [0.15, 0.2) is 71.8 Å². The van der Waals surface area contributed by atoms with Crippen molar-refractivity contribution >= 4 is 32.8 Å². The first kappa shape index (κ1) is 23.3. The average Bonchev–Trinajstić information content (AvgIpc) is 3.28. The Kier molecular flexibility index (Phi) is 6.44. The van der Waals surface area contributed by atoms with E-state index < -0.39 is 9.84 Å². The molecule has 0 unspecified atom stereocenters. The van der Waals surface area contributed by atoms with E-state index in [1.54, 1.807) is 16.6 Å². The van der Waals surface area contributed by atoms with Gasteiger partial charge in [0.2, 0.25) is 5.95 Å². The van der Waals surface area contributed by atoms with Gasteiger partial charge in [-0.25, -0.2) is 12.9 Å². The van der Waals surface area contributed by atoms with Crippen molar-refractivity contribution in [2.24, 2.45) is 0 Å². The number of nitrogens with zero attached hydrogens (tertiary/aromatic N) is 5. The molecule has 1 saturated heterocycles. The van der Waals surface area contributed by atoms with Crippen LogP contribution in [0.3, 0.4) is 0 Å². The molecule has 1 aliphatic rings. The fraction of sp³-hybridized carbons (Fsp3) is 0.308. The van der Waals surface area contributed by atoms with Gasteiger partial charge in [0.05, 0.1) is 10.6 Å². The minimum absolute atomic E-state index is 0.150. The summed E-state index contributed by atoms with van der Waals surface area (Å²) in [5.74, 6) is 0.657. The average molecular weight is 491 g/mol. The Bertz CT molecular complexity index is 1410. The lowest BCUT2D eigenvalue weighted by Gasteiger charge is -2.34. The highest BCUT2D eigenvalue weighted by atomic mass is 32.2. The quantitative estimate of drug-likeness (QED) is 0.418. The summed E-state index contributed by atoms with van der Waals surface area (Å²) in [6.07, 6.45) is 2.45. The lowest BCUT2D eigenvalue weighted by Crippen LogP contribution is -2.44. The molecule has 9 heteroatoms.